The number of H-pyrrole nitrogens is 1. The molecule has 6 nitrogen and oxygen atoms in total. The summed E-state index contributed by atoms with van der Waals surface area (Å²) in [5.41, 5.74) is 0.601. The van der Waals surface area contributed by atoms with Crippen molar-refractivity contribution in [2.24, 2.45) is 0 Å². The molecule has 2 heterocycles. The highest BCUT2D eigenvalue weighted by Crippen LogP contribution is 2.34. The summed E-state index contributed by atoms with van der Waals surface area (Å²) < 4.78 is 36.0. The van der Waals surface area contributed by atoms with Crippen molar-refractivity contribution in [2.45, 2.75) is 32.9 Å². The van der Waals surface area contributed by atoms with E-state index in [1.807, 2.05) is 29.7 Å². The predicted molar refractivity (Wildman–Crippen MR) is 106 cm³/mol. The molecule has 0 unspecified atom stereocenters. The smallest absolute Gasteiger partial charge is 0.192 e. The van der Waals surface area contributed by atoms with E-state index in [9.17, 15) is 8.78 Å². The van der Waals surface area contributed by atoms with Gasteiger partial charge in [0.1, 0.15) is 0 Å². The molecule has 0 saturated carbocycles. The van der Waals surface area contributed by atoms with E-state index in [1.165, 1.54) is 0 Å². The number of nitrogens with one attached hydrogen (secondary N) is 1. The number of hydrogen-bond donors (Lipinski definition) is 1. The minimum absolute atomic E-state index is 0.0428. The molecular weight excluding hydrogens is 400 g/mol. The molecule has 1 N–H and O–H groups in total. The molecule has 0 bridgehead atoms. The van der Waals surface area contributed by atoms with E-state index in [-0.39, 0.29) is 5.02 Å². The molecule has 0 aliphatic carbocycles. The third-order valence-corrected chi connectivity index (χ3v) is 4.84. The van der Waals surface area contributed by atoms with Gasteiger partial charge in [-0.1, -0.05) is 11.6 Å². The van der Waals surface area contributed by atoms with Gasteiger partial charge in [0.25, 0.3) is 0 Å². The second-order valence-electron chi connectivity index (χ2n) is 7.07. The molecular formula is C20H18ClF2N5O. The summed E-state index contributed by atoms with van der Waals surface area (Å²) in [5.74, 6) is -1.20. The van der Waals surface area contributed by atoms with Crippen LogP contribution in [0.4, 0.5) is 8.78 Å². The first-order valence-corrected chi connectivity index (χ1v) is 9.38. The molecule has 150 valence electrons. The van der Waals surface area contributed by atoms with Crippen LogP contribution in [0.15, 0.2) is 36.5 Å². The van der Waals surface area contributed by atoms with Crippen molar-refractivity contribution in [3.05, 3.63) is 59.0 Å². The van der Waals surface area contributed by atoms with Crippen molar-refractivity contribution in [1.29, 1.82) is 0 Å². The largest absolute Gasteiger partial charge is 0.474 e. The van der Waals surface area contributed by atoms with E-state index in [0.717, 1.165) is 28.6 Å². The zero-order valence-corrected chi connectivity index (χ0v) is 16.8. The van der Waals surface area contributed by atoms with Crippen molar-refractivity contribution >= 4 is 22.5 Å². The number of nitrogens with zero attached hydrogens (tertiary/aromatic N) is 4. The van der Waals surface area contributed by atoms with E-state index in [0.29, 0.717) is 18.2 Å². The van der Waals surface area contributed by atoms with Crippen LogP contribution in [-0.2, 0) is 12.1 Å². The Morgan fingerprint density at radius 3 is 2.55 bits per heavy atom. The van der Waals surface area contributed by atoms with Crippen LogP contribution in [0.25, 0.3) is 22.3 Å². The van der Waals surface area contributed by atoms with Crippen molar-refractivity contribution < 1.29 is 13.5 Å². The Kier molecular flexibility index (Phi) is 4.74. The van der Waals surface area contributed by atoms with Crippen LogP contribution < -0.4 is 4.74 Å². The van der Waals surface area contributed by atoms with Gasteiger partial charge in [-0.2, -0.15) is 5.10 Å². The lowest BCUT2D eigenvalue weighted by atomic mass is 10.1. The van der Waals surface area contributed by atoms with E-state index in [2.05, 4.69) is 20.4 Å². The number of hydrogen-bond acceptors (Lipinski definition) is 4. The number of rotatable bonds is 5. The molecule has 0 saturated heterocycles. The van der Waals surface area contributed by atoms with Crippen LogP contribution in [0.3, 0.4) is 0 Å². The lowest BCUT2D eigenvalue weighted by Gasteiger charge is -2.26. The minimum atomic E-state index is -1.16. The summed E-state index contributed by atoms with van der Waals surface area (Å²) in [4.78, 5) is 0. The van der Waals surface area contributed by atoms with E-state index >= 15 is 0 Å². The number of aromatic nitrogens is 5. The van der Waals surface area contributed by atoms with Crippen LogP contribution in [0.2, 0.25) is 5.02 Å². The summed E-state index contributed by atoms with van der Waals surface area (Å²) in [7, 11) is 0. The number of ether oxygens (including phenoxy) is 1. The number of fused-ring (bicyclic) bond motifs is 1. The highest BCUT2D eigenvalue weighted by Gasteiger charge is 2.33. The Morgan fingerprint density at radius 2 is 1.86 bits per heavy atom. The maximum absolute atomic E-state index is 14.2. The first-order chi connectivity index (χ1) is 13.8. The van der Waals surface area contributed by atoms with Gasteiger partial charge in [0.15, 0.2) is 34.6 Å². The number of benzene rings is 2. The molecule has 2 aromatic carbocycles. The maximum atomic E-state index is 14.2. The molecule has 9 heteroatoms. The summed E-state index contributed by atoms with van der Waals surface area (Å²) in [6.07, 6.45) is 1.73. The van der Waals surface area contributed by atoms with E-state index in [4.69, 9.17) is 16.3 Å². The van der Waals surface area contributed by atoms with Crippen LogP contribution in [0, 0.1) is 11.6 Å². The fourth-order valence-corrected chi connectivity index (χ4v) is 3.46. The van der Waals surface area contributed by atoms with Crippen LogP contribution in [0.5, 0.6) is 5.75 Å². The van der Waals surface area contributed by atoms with Crippen molar-refractivity contribution in [1.82, 2.24) is 25.0 Å². The molecule has 0 amide bonds. The quantitative estimate of drug-likeness (QED) is 0.491. The van der Waals surface area contributed by atoms with E-state index < -0.39 is 23.0 Å². The highest BCUT2D eigenvalue weighted by atomic mass is 35.5. The first kappa shape index (κ1) is 19.3. The van der Waals surface area contributed by atoms with Gasteiger partial charge in [0, 0.05) is 22.5 Å². The van der Waals surface area contributed by atoms with E-state index in [1.54, 1.807) is 20.0 Å². The third-order valence-electron chi connectivity index (χ3n) is 4.62. The fraction of sp³-hybridized carbons (Fsp3) is 0.250. The molecule has 0 spiro atoms. The van der Waals surface area contributed by atoms with Crippen LogP contribution >= 0.6 is 11.6 Å². The normalized spacial score (nSPS) is 11.9. The standard InChI is InChI=1S/C20H18ClF2N5O/c1-4-28-18(11-5-6-16-12(7-11)10-24-25-16)26-27-19(28)20(2,3)29-17-14(22)8-13(21)9-15(17)23/h5-10H,4H2,1-3H3,(H,24,25). The SMILES string of the molecule is CCn1c(-c2ccc3[nH]ncc3c2)nnc1C(C)(C)Oc1c(F)cc(Cl)cc1F. The van der Waals surface area contributed by atoms with Gasteiger partial charge >= 0.3 is 0 Å². The third kappa shape index (κ3) is 3.44. The monoisotopic (exact) mass is 417 g/mol. The zero-order valence-electron chi connectivity index (χ0n) is 16.0. The molecule has 29 heavy (non-hydrogen) atoms. The molecule has 0 aliphatic heterocycles. The minimum Gasteiger partial charge on any atom is -0.474 e. The van der Waals surface area contributed by atoms with Gasteiger partial charge < -0.3 is 9.30 Å². The molecule has 4 rings (SSSR count). The second-order valence-corrected chi connectivity index (χ2v) is 7.51. The molecule has 2 aromatic heterocycles. The molecule has 4 aromatic rings. The van der Waals surface area contributed by atoms with Crippen molar-refractivity contribution in [3.63, 3.8) is 0 Å². The van der Waals surface area contributed by atoms with Crippen LogP contribution in [0.1, 0.15) is 26.6 Å². The lowest BCUT2D eigenvalue weighted by Crippen LogP contribution is -2.30. The van der Waals surface area contributed by atoms with Gasteiger partial charge in [-0.25, -0.2) is 8.78 Å². The van der Waals surface area contributed by atoms with Crippen molar-refractivity contribution in [2.75, 3.05) is 0 Å². The zero-order chi connectivity index (χ0) is 20.8. The summed E-state index contributed by atoms with van der Waals surface area (Å²) >= 11 is 5.69. The molecule has 0 aliphatic rings. The first-order valence-electron chi connectivity index (χ1n) is 9.01. The highest BCUT2D eigenvalue weighted by molar-refractivity contribution is 6.30. The fourth-order valence-electron chi connectivity index (χ4n) is 3.27. The maximum Gasteiger partial charge on any atom is 0.192 e. The van der Waals surface area contributed by atoms with Gasteiger partial charge in [-0.15, -0.1) is 10.2 Å². The van der Waals surface area contributed by atoms with Gasteiger partial charge in [0.2, 0.25) is 0 Å². The second kappa shape index (κ2) is 7.11. The molecule has 0 fully saturated rings. The molecule has 0 atom stereocenters. The Balaban J connectivity index is 1.75. The summed E-state index contributed by atoms with van der Waals surface area (Å²) in [6, 6.07) is 7.78. The topological polar surface area (TPSA) is 68.6 Å². The van der Waals surface area contributed by atoms with Crippen LogP contribution in [-0.4, -0.2) is 25.0 Å². The van der Waals surface area contributed by atoms with Crippen molar-refractivity contribution in [3.8, 4) is 17.1 Å². The lowest BCUT2D eigenvalue weighted by molar-refractivity contribution is 0.0827. The summed E-state index contributed by atoms with van der Waals surface area (Å²) in [6.45, 7) is 5.84. The average molecular weight is 418 g/mol. The Bertz CT molecular complexity index is 1180. The Labute approximate surface area is 170 Å². The average Bonchev–Trinajstić information content (AvgIpc) is 3.30. The molecule has 0 radical (unpaired) electrons. The Morgan fingerprint density at radius 1 is 1.14 bits per heavy atom. The number of halogens is 3. The van der Waals surface area contributed by atoms with Gasteiger partial charge in [-0.3, -0.25) is 5.10 Å². The summed E-state index contributed by atoms with van der Waals surface area (Å²) in [5, 5.41) is 16.4. The Hall–Kier alpha value is -3.00. The number of aromatic amines is 1. The predicted octanol–water partition coefficient (Wildman–Crippen LogP) is 5.09. The van der Waals surface area contributed by atoms with Gasteiger partial charge in [0.05, 0.1) is 11.7 Å². The van der Waals surface area contributed by atoms with Gasteiger partial charge in [-0.05, 0) is 51.1 Å².